The molecule has 1 aromatic rings. The van der Waals surface area contributed by atoms with Crippen LogP contribution in [0.2, 0.25) is 0 Å². The summed E-state index contributed by atoms with van der Waals surface area (Å²) in [7, 11) is 0. The predicted octanol–water partition coefficient (Wildman–Crippen LogP) is 2.75. The Morgan fingerprint density at radius 1 is 1.22 bits per heavy atom. The van der Waals surface area contributed by atoms with Crippen LogP contribution in [0, 0.1) is 0 Å². The number of alkyl carbamates (subject to hydrolysis) is 1. The summed E-state index contributed by atoms with van der Waals surface area (Å²) in [6.45, 7) is 14.3. The minimum absolute atomic E-state index is 0. The van der Waals surface area contributed by atoms with Crippen LogP contribution in [0.5, 0.6) is 0 Å². The summed E-state index contributed by atoms with van der Waals surface area (Å²) in [6.07, 6.45) is 6.06. The van der Waals surface area contributed by atoms with Gasteiger partial charge < -0.3 is 25.3 Å². The third-order valence-corrected chi connectivity index (χ3v) is 3.26. The van der Waals surface area contributed by atoms with E-state index in [1.165, 1.54) is 0 Å². The van der Waals surface area contributed by atoms with Crippen molar-refractivity contribution in [3.63, 3.8) is 0 Å². The van der Waals surface area contributed by atoms with Crippen LogP contribution in [0.3, 0.4) is 0 Å². The summed E-state index contributed by atoms with van der Waals surface area (Å²) in [6, 6.07) is 0. The van der Waals surface area contributed by atoms with E-state index in [9.17, 15) is 4.79 Å². The summed E-state index contributed by atoms with van der Waals surface area (Å²) >= 11 is 0. The van der Waals surface area contributed by atoms with Crippen LogP contribution < -0.4 is 16.0 Å². The van der Waals surface area contributed by atoms with Gasteiger partial charge >= 0.3 is 6.09 Å². The van der Waals surface area contributed by atoms with Crippen molar-refractivity contribution in [1.82, 2.24) is 25.5 Å². The van der Waals surface area contributed by atoms with Crippen LogP contribution in [-0.2, 0) is 11.3 Å². The van der Waals surface area contributed by atoms with E-state index >= 15 is 0 Å². The third-order valence-electron chi connectivity index (χ3n) is 3.26. The predicted molar refractivity (Wildman–Crippen MR) is 120 cm³/mol. The Balaban J connectivity index is 0.00000676. The number of hydrogen-bond donors (Lipinski definition) is 3. The summed E-state index contributed by atoms with van der Waals surface area (Å²) in [5.74, 6) is 0.734. The molecule has 0 unspecified atom stereocenters. The van der Waals surface area contributed by atoms with Crippen LogP contribution in [0.1, 0.15) is 48.0 Å². The van der Waals surface area contributed by atoms with E-state index in [0.29, 0.717) is 6.54 Å². The molecule has 0 aromatic carbocycles. The first-order valence-corrected chi connectivity index (χ1v) is 9.10. The number of nitrogens with zero attached hydrogens (tertiary/aromatic N) is 3. The highest BCUT2D eigenvalue weighted by Gasteiger charge is 2.24. The number of aliphatic imine (C=N–C) groups is 1. The molecule has 1 heterocycles. The number of carbonyl (C=O) groups excluding carboxylic acids is 1. The van der Waals surface area contributed by atoms with Gasteiger partial charge in [0.15, 0.2) is 5.96 Å². The SMILES string of the molecule is CCNC(=NCC(C)(C)NC(=O)OC(C)(C)C)NCCCn1ccnc1.I. The lowest BCUT2D eigenvalue weighted by Gasteiger charge is -2.27. The Bertz CT molecular complexity index is 567. The summed E-state index contributed by atoms with van der Waals surface area (Å²) in [5, 5.41) is 9.39. The molecule has 1 amide bonds. The number of halogens is 1. The van der Waals surface area contributed by atoms with Gasteiger partial charge in [-0.05, 0) is 48.0 Å². The van der Waals surface area contributed by atoms with Gasteiger partial charge in [0, 0.05) is 32.0 Å². The minimum Gasteiger partial charge on any atom is -0.444 e. The number of aromatic nitrogens is 2. The first kappa shape index (κ1) is 25.5. The molecule has 0 saturated heterocycles. The number of imidazole rings is 1. The summed E-state index contributed by atoms with van der Waals surface area (Å²) in [4.78, 5) is 20.6. The van der Waals surface area contributed by atoms with E-state index in [4.69, 9.17) is 4.74 Å². The summed E-state index contributed by atoms with van der Waals surface area (Å²) in [5.41, 5.74) is -1.03. The zero-order chi connectivity index (χ0) is 19.6. The number of rotatable bonds is 8. The molecule has 0 saturated carbocycles. The zero-order valence-corrected chi connectivity index (χ0v) is 19.7. The normalized spacial score (nSPS) is 12.1. The molecule has 0 aliphatic heterocycles. The van der Waals surface area contributed by atoms with Crippen molar-refractivity contribution in [3.8, 4) is 0 Å². The van der Waals surface area contributed by atoms with Crippen molar-refractivity contribution < 1.29 is 9.53 Å². The second kappa shape index (κ2) is 12.0. The van der Waals surface area contributed by atoms with Crippen LogP contribution in [0.25, 0.3) is 0 Å². The third kappa shape index (κ3) is 12.5. The largest absolute Gasteiger partial charge is 0.444 e. The van der Waals surface area contributed by atoms with E-state index in [-0.39, 0.29) is 24.0 Å². The number of ether oxygens (including phenoxy) is 1. The molecule has 8 nitrogen and oxygen atoms in total. The molecule has 0 bridgehead atoms. The highest BCUT2D eigenvalue weighted by molar-refractivity contribution is 14.0. The first-order valence-electron chi connectivity index (χ1n) is 9.10. The van der Waals surface area contributed by atoms with Gasteiger partial charge in [-0.3, -0.25) is 4.99 Å². The van der Waals surface area contributed by atoms with Crippen molar-refractivity contribution in [1.29, 1.82) is 0 Å². The molecule has 0 aliphatic carbocycles. The van der Waals surface area contributed by atoms with Gasteiger partial charge in [0.2, 0.25) is 0 Å². The van der Waals surface area contributed by atoms with Crippen molar-refractivity contribution in [2.75, 3.05) is 19.6 Å². The van der Waals surface area contributed by atoms with Crippen LogP contribution in [-0.4, -0.2) is 52.4 Å². The molecular weight excluding hydrogens is 459 g/mol. The van der Waals surface area contributed by atoms with E-state index in [1.54, 1.807) is 6.20 Å². The Labute approximate surface area is 180 Å². The van der Waals surface area contributed by atoms with Crippen molar-refractivity contribution >= 4 is 36.0 Å². The first-order chi connectivity index (χ1) is 12.1. The van der Waals surface area contributed by atoms with Crippen molar-refractivity contribution in [2.45, 2.75) is 65.6 Å². The van der Waals surface area contributed by atoms with Gasteiger partial charge in [-0.25, -0.2) is 9.78 Å². The number of guanidine groups is 1. The van der Waals surface area contributed by atoms with Crippen molar-refractivity contribution in [3.05, 3.63) is 18.7 Å². The minimum atomic E-state index is -0.519. The fraction of sp³-hybridized carbons (Fsp3) is 0.722. The Hall–Kier alpha value is -1.52. The highest BCUT2D eigenvalue weighted by Crippen LogP contribution is 2.09. The molecule has 0 spiro atoms. The van der Waals surface area contributed by atoms with Crippen LogP contribution >= 0.6 is 24.0 Å². The quantitative estimate of drug-likeness (QED) is 0.224. The van der Waals surface area contributed by atoms with Gasteiger partial charge in [0.05, 0.1) is 18.4 Å². The van der Waals surface area contributed by atoms with Gasteiger partial charge in [0.1, 0.15) is 5.60 Å². The molecule has 156 valence electrons. The van der Waals surface area contributed by atoms with Gasteiger partial charge in [0.25, 0.3) is 0 Å². The zero-order valence-electron chi connectivity index (χ0n) is 17.3. The van der Waals surface area contributed by atoms with E-state index in [1.807, 2.05) is 58.6 Å². The average Bonchev–Trinajstić information content (AvgIpc) is 2.99. The van der Waals surface area contributed by atoms with E-state index in [0.717, 1.165) is 32.0 Å². The molecule has 1 aromatic heterocycles. The topological polar surface area (TPSA) is 92.6 Å². The monoisotopic (exact) mass is 494 g/mol. The number of aryl methyl sites for hydroxylation is 1. The Morgan fingerprint density at radius 2 is 1.93 bits per heavy atom. The fourth-order valence-electron chi connectivity index (χ4n) is 2.13. The maximum Gasteiger partial charge on any atom is 0.408 e. The Kier molecular flexibility index (Phi) is 11.4. The number of hydrogen-bond acceptors (Lipinski definition) is 4. The lowest BCUT2D eigenvalue weighted by Crippen LogP contribution is -2.49. The number of nitrogens with one attached hydrogen (secondary N) is 3. The molecule has 0 atom stereocenters. The molecule has 0 fully saturated rings. The molecule has 27 heavy (non-hydrogen) atoms. The standard InChI is InChI=1S/C18H34N6O2.HI/c1-7-20-15(21-9-8-11-24-12-10-19-14-24)22-13-18(5,6)23-16(25)26-17(2,3)4;/h10,12,14H,7-9,11,13H2,1-6H3,(H,23,25)(H2,20,21,22);1H. The maximum atomic E-state index is 11.9. The second-order valence-electron chi connectivity index (χ2n) is 7.79. The molecule has 1 rings (SSSR count). The Morgan fingerprint density at radius 3 is 2.48 bits per heavy atom. The smallest absolute Gasteiger partial charge is 0.408 e. The number of amides is 1. The fourth-order valence-corrected chi connectivity index (χ4v) is 2.13. The van der Waals surface area contributed by atoms with E-state index < -0.39 is 17.2 Å². The highest BCUT2D eigenvalue weighted by atomic mass is 127. The van der Waals surface area contributed by atoms with Crippen LogP contribution in [0.15, 0.2) is 23.7 Å². The second-order valence-corrected chi connectivity index (χ2v) is 7.79. The maximum absolute atomic E-state index is 11.9. The summed E-state index contributed by atoms with van der Waals surface area (Å²) < 4.78 is 7.35. The number of carbonyl (C=O) groups is 1. The van der Waals surface area contributed by atoms with Crippen LogP contribution in [0.4, 0.5) is 4.79 Å². The average molecular weight is 494 g/mol. The molecule has 3 N–H and O–H groups in total. The molecular formula is C18H35IN6O2. The van der Waals surface area contributed by atoms with Gasteiger partial charge in [-0.2, -0.15) is 0 Å². The molecule has 0 aliphatic rings. The lowest BCUT2D eigenvalue weighted by molar-refractivity contribution is 0.0476. The molecule has 9 heteroatoms. The lowest BCUT2D eigenvalue weighted by atomic mass is 10.1. The van der Waals surface area contributed by atoms with Gasteiger partial charge in [-0.15, -0.1) is 24.0 Å². The van der Waals surface area contributed by atoms with E-state index in [2.05, 4.69) is 25.9 Å². The molecule has 0 radical (unpaired) electrons. The van der Waals surface area contributed by atoms with Crippen molar-refractivity contribution in [2.24, 2.45) is 4.99 Å². The van der Waals surface area contributed by atoms with Gasteiger partial charge in [-0.1, -0.05) is 0 Å².